The molecular weight excluding hydrogens is 234 g/mol. The molecule has 0 aliphatic carbocycles. The molecule has 3 rings (SSSR count). The van der Waals surface area contributed by atoms with Crippen molar-refractivity contribution in [3.05, 3.63) is 54.6 Å². The average Bonchev–Trinajstić information content (AvgIpc) is 2.85. The highest BCUT2D eigenvalue weighted by atomic mass is 15.1. The summed E-state index contributed by atoms with van der Waals surface area (Å²) in [4.78, 5) is 4.76. The monoisotopic (exact) mass is 251 g/mol. The van der Waals surface area contributed by atoms with Crippen molar-refractivity contribution < 1.29 is 0 Å². The smallest absolute Gasteiger partial charge is 0.141 e. The molecule has 0 atom stereocenters. The summed E-state index contributed by atoms with van der Waals surface area (Å²) >= 11 is 0. The molecule has 3 aromatic rings. The fourth-order valence-electron chi connectivity index (χ4n) is 2.36. The fraction of sp³-hybridized carbons (Fsp3) is 0.188. The molecule has 0 unspecified atom stereocenters. The maximum absolute atomic E-state index is 5.64. The van der Waals surface area contributed by atoms with E-state index in [0.29, 0.717) is 6.54 Å². The largest absolute Gasteiger partial charge is 0.330 e. The lowest BCUT2D eigenvalue weighted by atomic mass is 10.2. The Labute approximate surface area is 112 Å². The Bertz CT molecular complexity index is 671. The quantitative estimate of drug-likeness (QED) is 0.774. The topological polar surface area (TPSA) is 43.8 Å². The molecule has 96 valence electrons. The summed E-state index contributed by atoms with van der Waals surface area (Å²) in [6.45, 7) is 1.60. The minimum Gasteiger partial charge on any atom is -0.330 e. The summed E-state index contributed by atoms with van der Waals surface area (Å²) in [7, 11) is 0. The lowest BCUT2D eigenvalue weighted by molar-refractivity contribution is 0.671. The van der Waals surface area contributed by atoms with E-state index in [4.69, 9.17) is 10.7 Å². The zero-order chi connectivity index (χ0) is 13.1. The second-order valence-electron chi connectivity index (χ2n) is 4.58. The van der Waals surface area contributed by atoms with Crippen LogP contribution < -0.4 is 5.73 Å². The van der Waals surface area contributed by atoms with E-state index < -0.39 is 0 Å². The zero-order valence-corrected chi connectivity index (χ0v) is 10.8. The molecule has 0 aliphatic rings. The van der Waals surface area contributed by atoms with Gasteiger partial charge in [0.15, 0.2) is 0 Å². The molecule has 0 radical (unpaired) electrons. The van der Waals surface area contributed by atoms with Crippen molar-refractivity contribution in [2.45, 2.75) is 13.0 Å². The molecule has 3 heteroatoms. The van der Waals surface area contributed by atoms with Crippen LogP contribution in [-0.4, -0.2) is 16.1 Å². The van der Waals surface area contributed by atoms with Crippen molar-refractivity contribution in [1.82, 2.24) is 9.55 Å². The molecule has 0 saturated heterocycles. The summed E-state index contributed by atoms with van der Waals surface area (Å²) in [6.07, 6.45) is 0.959. The highest BCUT2D eigenvalue weighted by Crippen LogP contribution is 2.24. The number of nitrogens with two attached hydrogens (primary N) is 1. The van der Waals surface area contributed by atoms with Crippen LogP contribution in [0.15, 0.2) is 54.6 Å². The van der Waals surface area contributed by atoms with Crippen LogP contribution in [0.2, 0.25) is 0 Å². The highest BCUT2D eigenvalue weighted by Gasteiger charge is 2.11. The van der Waals surface area contributed by atoms with Gasteiger partial charge in [-0.05, 0) is 25.1 Å². The van der Waals surface area contributed by atoms with Gasteiger partial charge in [-0.3, -0.25) is 0 Å². The maximum atomic E-state index is 5.64. The average molecular weight is 251 g/mol. The van der Waals surface area contributed by atoms with E-state index in [2.05, 4.69) is 34.9 Å². The van der Waals surface area contributed by atoms with Gasteiger partial charge in [0, 0.05) is 12.1 Å². The first-order valence-corrected chi connectivity index (χ1v) is 6.61. The van der Waals surface area contributed by atoms with Gasteiger partial charge in [0.1, 0.15) is 5.82 Å². The summed E-state index contributed by atoms with van der Waals surface area (Å²) in [5.41, 5.74) is 9.01. The van der Waals surface area contributed by atoms with Crippen LogP contribution in [0.1, 0.15) is 6.42 Å². The maximum Gasteiger partial charge on any atom is 0.141 e. The van der Waals surface area contributed by atoms with E-state index in [-0.39, 0.29) is 0 Å². The second kappa shape index (κ2) is 5.24. The van der Waals surface area contributed by atoms with Crippen LogP contribution >= 0.6 is 0 Å². The van der Waals surface area contributed by atoms with E-state index >= 15 is 0 Å². The Morgan fingerprint density at radius 1 is 0.947 bits per heavy atom. The number of benzene rings is 2. The second-order valence-corrected chi connectivity index (χ2v) is 4.58. The summed E-state index contributed by atoms with van der Waals surface area (Å²) < 4.78 is 2.26. The normalized spacial score (nSPS) is 11.0. The zero-order valence-electron chi connectivity index (χ0n) is 10.8. The number of fused-ring (bicyclic) bond motifs is 1. The summed E-state index contributed by atoms with van der Waals surface area (Å²) in [5.74, 6) is 1.02. The van der Waals surface area contributed by atoms with Gasteiger partial charge in [0.25, 0.3) is 0 Å². The molecular formula is C16H17N3. The molecule has 0 saturated carbocycles. The Morgan fingerprint density at radius 3 is 2.47 bits per heavy atom. The van der Waals surface area contributed by atoms with Gasteiger partial charge in [0.05, 0.1) is 11.0 Å². The number of hydrogen-bond donors (Lipinski definition) is 1. The molecule has 1 aromatic heterocycles. The number of para-hydroxylation sites is 2. The minimum absolute atomic E-state index is 0.695. The third kappa shape index (κ3) is 2.25. The van der Waals surface area contributed by atoms with Gasteiger partial charge in [-0.15, -0.1) is 0 Å². The van der Waals surface area contributed by atoms with Gasteiger partial charge in [-0.25, -0.2) is 4.98 Å². The number of imidazole rings is 1. The van der Waals surface area contributed by atoms with Crippen molar-refractivity contribution in [2.75, 3.05) is 6.54 Å². The van der Waals surface area contributed by atoms with Crippen molar-refractivity contribution in [1.29, 1.82) is 0 Å². The predicted molar refractivity (Wildman–Crippen MR) is 78.8 cm³/mol. The first-order chi connectivity index (χ1) is 9.40. The van der Waals surface area contributed by atoms with Gasteiger partial charge in [-0.2, -0.15) is 0 Å². The van der Waals surface area contributed by atoms with Crippen LogP contribution in [0.3, 0.4) is 0 Å². The number of nitrogens with zero attached hydrogens (tertiary/aromatic N) is 2. The van der Waals surface area contributed by atoms with Crippen LogP contribution in [-0.2, 0) is 6.54 Å². The number of aryl methyl sites for hydroxylation is 1. The molecule has 0 amide bonds. The van der Waals surface area contributed by atoms with E-state index in [1.807, 2.05) is 24.3 Å². The molecule has 0 spiro atoms. The third-order valence-corrected chi connectivity index (χ3v) is 3.27. The SMILES string of the molecule is NCCCn1c(-c2ccccc2)nc2ccccc21. The summed E-state index contributed by atoms with van der Waals surface area (Å²) in [6, 6.07) is 18.6. The number of rotatable bonds is 4. The van der Waals surface area contributed by atoms with Crippen LogP contribution in [0.4, 0.5) is 0 Å². The van der Waals surface area contributed by atoms with E-state index in [1.54, 1.807) is 0 Å². The van der Waals surface area contributed by atoms with Crippen molar-refractivity contribution in [2.24, 2.45) is 5.73 Å². The minimum atomic E-state index is 0.695. The van der Waals surface area contributed by atoms with Crippen LogP contribution in [0.5, 0.6) is 0 Å². The molecule has 3 nitrogen and oxygen atoms in total. The number of aromatic nitrogens is 2. The standard InChI is InChI=1S/C16H17N3/c17-11-6-12-19-15-10-5-4-9-14(15)18-16(19)13-7-2-1-3-8-13/h1-5,7-10H,6,11-12,17H2. The molecule has 1 heterocycles. The highest BCUT2D eigenvalue weighted by molar-refractivity contribution is 5.80. The van der Waals surface area contributed by atoms with E-state index in [9.17, 15) is 0 Å². The summed E-state index contributed by atoms with van der Waals surface area (Å²) in [5, 5.41) is 0. The molecule has 0 aliphatic heterocycles. The third-order valence-electron chi connectivity index (χ3n) is 3.27. The Hall–Kier alpha value is -2.13. The van der Waals surface area contributed by atoms with Crippen molar-refractivity contribution >= 4 is 11.0 Å². The van der Waals surface area contributed by atoms with Crippen molar-refractivity contribution in [3.63, 3.8) is 0 Å². The Morgan fingerprint density at radius 2 is 1.68 bits per heavy atom. The van der Waals surface area contributed by atoms with Crippen LogP contribution in [0.25, 0.3) is 22.4 Å². The lowest BCUT2D eigenvalue weighted by Gasteiger charge is -2.08. The van der Waals surface area contributed by atoms with E-state index in [1.165, 1.54) is 5.52 Å². The molecule has 19 heavy (non-hydrogen) atoms. The molecule has 0 fully saturated rings. The fourth-order valence-corrected chi connectivity index (χ4v) is 2.36. The first kappa shape index (κ1) is 11.9. The molecule has 2 aromatic carbocycles. The van der Waals surface area contributed by atoms with Crippen LogP contribution in [0, 0.1) is 0 Å². The van der Waals surface area contributed by atoms with E-state index in [0.717, 1.165) is 29.9 Å². The predicted octanol–water partition coefficient (Wildman–Crippen LogP) is 3.05. The lowest BCUT2D eigenvalue weighted by Crippen LogP contribution is -2.07. The Balaban J connectivity index is 2.17. The van der Waals surface area contributed by atoms with Gasteiger partial charge < -0.3 is 10.3 Å². The first-order valence-electron chi connectivity index (χ1n) is 6.61. The van der Waals surface area contributed by atoms with Crippen molar-refractivity contribution in [3.8, 4) is 11.4 Å². The Kier molecular flexibility index (Phi) is 3.29. The molecule has 2 N–H and O–H groups in total. The number of hydrogen-bond acceptors (Lipinski definition) is 2. The van der Waals surface area contributed by atoms with Gasteiger partial charge in [-0.1, -0.05) is 42.5 Å². The van der Waals surface area contributed by atoms with Gasteiger partial charge in [0.2, 0.25) is 0 Å². The van der Waals surface area contributed by atoms with Gasteiger partial charge >= 0.3 is 0 Å². The molecule has 0 bridgehead atoms.